The van der Waals surface area contributed by atoms with E-state index in [1.54, 1.807) is 0 Å². The van der Waals surface area contributed by atoms with E-state index in [-0.39, 0.29) is 6.04 Å². The van der Waals surface area contributed by atoms with Crippen LogP contribution in [0.3, 0.4) is 0 Å². The zero-order valence-electron chi connectivity index (χ0n) is 13.3. The Morgan fingerprint density at radius 1 is 0.857 bits per heavy atom. The Balaban J connectivity index is 2.07. The number of benzene rings is 2. The maximum Gasteiger partial charge on any atom is 0.0577 e. The van der Waals surface area contributed by atoms with Crippen LogP contribution < -0.4 is 5.32 Å². The number of rotatable bonds is 7. The normalized spacial score (nSPS) is 11.5. The van der Waals surface area contributed by atoms with Gasteiger partial charge in [-0.15, -0.1) is 0 Å². The highest BCUT2D eigenvalue weighted by molar-refractivity contribution is 5.31. The Morgan fingerprint density at radius 2 is 1.33 bits per heavy atom. The molecule has 112 valence electrons. The fourth-order valence-corrected chi connectivity index (χ4v) is 2.36. The van der Waals surface area contributed by atoms with Crippen LogP contribution >= 0.6 is 0 Å². The zero-order valence-corrected chi connectivity index (χ0v) is 13.3. The summed E-state index contributed by atoms with van der Waals surface area (Å²) in [5.74, 6) is 0. The second-order valence-electron chi connectivity index (χ2n) is 5.78. The van der Waals surface area contributed by atoms with Crippen LogP contribution in [0.25, 0.3) is 0 Å². The van der Waals surface area contributed by atoms with E-state index in [0.717, 1.165) is 13.1 Å². The molecule has 0 radical (unpaired) electrons. The summed E-state index contributed by atoms with van der Waals surface area (Å²) in [4.78, 5) is 2.36. The van der Waals surface area contributed by atoms with Crippen molar-refractivity contribution in [3.05, 3.63) is 71.8 Å². The van der Waals surface area contributed by atoms with E-state index >= 15 is 0 Å². The van der Waals surface area contributed by atoms with Gasteiger partial charge >= 0.3 is 0 Å². The summed E-state index contributed by atoms with van der Waals surface area (Å²) in [6.45, 7) is 6.48. The van der Waals surface area contributed by atoms with Crippen molar-refractivity contribution in [2.24, 2.45) is 0 Å². The molecule has 0 aliphatic carbocycles. The van der Waals surface area contributed by atoms with E-state index < -0.39 is 0 Å². The highest BCUT2D eigenvalue weighted by Crippen LogP contribution is 2.21. The van der Waals surface area contributed by atoms with Crippen molar-refractivity contribution in [1.82, 2.24) is 10.2 Å². The minimum absolute atomic E-state index is 0.257. The van der Waals surface area contributed by atoms with Gasteiger partial charge in [0.15, 0.2) is 0 Å². The molecule has 0 spiro atoms. The highest BCUT2D eigenvalue weighted by atomic mass is 15.1. The van der Waals surface area contributed by atoms with Crippen LogP contribution in [-0.2, 0) is 0 Å². The van der Waals surface area contributed by atoms with Crippen molar-refractivity contribution >= 4 is 0 Å². The third-order valence-electron chi connectivity index (χ3n) is 3.96. The second kappa shape index (κ2) is 7.96. The van der Waals surface area contributed by atoms with Crippen LogP contribution in [0.1, 0.15) is 31.0 Å². The van der Waals surface area contributed by atoms with Crippen LogP contribution in [-0.4, -0.2) is 31.1 Å². The molecule has 0 heterocycles. The molecule has 2 aromatic rings. The minimum Gasteiger partial charge on any atom is -0.305 e. The summed E-state index contributed by atoms with van der Waals surface area (Å²) in [6, 6.07) is 22.2. The van der Waals surface area contributed by atoms with Crippen molar-refractivity contribution < 1.29 is 0 Å². The quantitative estimate of drug-likeness (QED) is 0.833. The van der Waals surface area contributed by atoms with Gasteiger partial charge in [-0.1, -0.05) is 60.7 Å². The van der Waals surface area contributed by atoms with E-state index in [1.807, 2.05) is 0 Å². The summed E-state index contributed by atoms with van der Waals surface area (Å²) in [6.07, 6.45) is 0. The summed E-state index contributed by atoms with van der Waals surface area (Å²) in [5.41, 5.74) is 2.63. The maximum atomic E-state index is 3.70. The maximum absolute atomic E-state index is 3.70. The fraction of sp³-hybridized carbons (Fsp3) is 0.368. The molecule has 2 heteroatoms. The van der Waals surface area contributed by atoms with E-state index in [9.17, 15) is 0 Å². The molecular weight excluding hydrogens is 256 g/mol. The molecule has 0 saturated carbocycles. The fourth-order valence-electron chi connectivity index (χ4n) is 2.36. The van der Waals surface area contributed by atoms with E-state index in [4.69, 9.17) is 0 Å². The van der Waals surface area contributed by atoms with Gasteiger partial charge in [-0.2, -0.15) is 0 Å². The third kappa shape index (κ3) is 4.69. The largest absolute Gasteiger partial charge is 0.305 e. The van der Waals surface area contributed by atoms with Crippen molar-refractivity contribution in [2.75, 3.05) is 20.1 Å². The molecule has 21 heavy (non-hydrogen) atoms. The number of hydrogen-bond acceptors (Lipinski definition) is 2. The summed E-state index contributed by atoms with van der Waals surface area (Å²) in [7, 11) is 2.17. The molecular formula is C19H26N2. The Bertz CT molecular complexity index is 468. The van der Waals surface area contributed by atoms with Crippen molar-refractivity contribution in [1.29, 1.82) is 0 Å². The number of nitrogens with one attached hydrogen (secondary N) is 1. The molecule has 2 nitrogen and oxygen atoms in total. The third-order valence-corrected chi connectivity index (χ3v) is 3.96. The number of nitrogens with zero attached hydrogens (tertiary/aromatic N) is 1. The van der Waals surface area contributed by atoms with Crippen LogP contribution in [0.4, 0.5) is 0 Å². The van der Waals surface area contributed by atoms with Crippen LogP contribution in [0.2, 0.25) is 0 Å². The van der Waals surface area contributed by atoms with Gasteiger partial charge in [0.05, 0.1) is 6.04 Å². The molecule has 2 aromatic carbocycles. The molecule has 0 aliphatic rings. The molecule has 1 N–H and O–H groups in total. The first-order valence-electron chi connectivity index (χ1n) is 7.72. The van der Waals surface area contributed by atoms with E-state index in [2.05, 4.69) is 91.8 Å². The van der Waals surface area contributed by atoms with Gasteiger partial charge in [0.1, 0.15) is 0 Å². The lowest BCUT2D eigenvalue weighted by atomic mass is 9.99. The van der Waals surface area contributed by atoms with Gasteiger partial charge in [-0.3, -0.25) is 0 Å². The first kappa shape index (κ1) is 15.7. The Hall–Kier alpha value is -1.64. The van der Waals surface area contributed by atoms with Crippen molar-refractivity contribution in [3.8, 4) is 0 Å². The molecule has 0 atom stereocenters. The molecule has 0 fully saturated rings. The van der Waals surface area contributed by atoms with Crippen LogP contribution in [0, 0.1) is 0 Å². The van der Waals surface area contributed by atoms with Gasteiger partial charge < -0.3 is 10.2 Å². The first-order valence-corrected chi connectivity index (χ1v) is 7.72. The average Bonchev–Trinajstić information content (AvgIpc) is 2.53. The topological polar surface area (TPSA) is 15.3 Å². The summed E-state index contributed by atoms with van der Waals surface area (Å²) < 4.78 is 0. The van der Waals surface area contributed by atoms with Crippen LogP contribution in [0.15, 0.2) is 60.7 Å². The highest BCUT2D eigenvalue weighted by Gasteiger charge is 2.13. The lowest BCUT2D eigenvalue weighted by Gasteiger charge is -2.24. The predicted molar refractivity (Wildman–Crippen MR) is 90.5 cm³/mol. The van der Waals surface area contributed by atoms with Gasteiger partial charge in [0.2, 0.25) is 0 Å². The predicted octanol–water partition coefficient (Wildman–Crippen LogP) is 3.71. The lowest BCUT2D eigenvalue weighted by molar-refractivity contribution is 0.271. The van der Waals surface area contributed by atoms with E-state index in [0.29, 0.717) is 6.04 Å². The minimum atomic E-state index is 0.257. The standard InChI is InChI=1S/C19H26N2/c1-16(2)21(3)15-14-20-19(17-10-6-4-7-11-17)18-12-8-5-9-13-18/h4-13,16,19-20H,14-15H2,1-3H3. The SMILES string of the molecule is CC(C)N(C)CCNC(c1ccccc1)c1ccccc1. The molecule has 0 aromatic heterocycles. The van der Waals surface area contributed by atoms with Crippen LogP contribution in [0.5, 0.6) is 0 Å². The summed E-state index contributed by atoms with van der Waals surface area (Å²) in [5, 5.41) is 3.70. The van der Waals surface area contributed by atoms with Gasteiger partial charge in [0, 0.05) is 19.1 Å². The first-order chi connectivity index (χ1) is 10.2. The summed E-state index contributed by atoms with van der Waals surface area (Å²) >= 11 is 0. The molecule has 0 amide bonds. The Morgan fingerprint density at radius 3 is 1.76 bits per heavy atom. The average molecular weight is 282 g/mol. The molecule has 0 saturated heterocycles. The molecule has 2 rings (SSSR count). The molecule has 0 unspecified atom stereocenters. The molecule has 0 bridgehead atoms. The number of likely N-dealkylation sites (N-methyl/N-ethyl adjacent to an activating group) is 1. The lowest BCUT2D eigenvalue weighted by Crippen LogP contribution is -2.35. The second-order valence-corrected chi connectivity index (χ2v) is 5.78. The van der Waals surface area contributed by atoms with E-state index in [1.165, 1.54) is 11.1 Å². The van der Waals surface area contributed by atoms with Gasteiger partial charge in [-0.25, -0.2) is 0 Å². The van der Waals surface area contributed by atoms with Gasteiger partial charge in [0.25, 0.3) is 0 Å². The van der Waals surface area contributed by atoms with Crippen molar-refractivity contribution in [2.45, 2.75) is 25.9 Å². The van der Waals surface area contributed by atoms with Gasteiger partial charge in [-0.05, 0) is 32.0 Å². The monoisotopic (exact) mass is 282 g/mol. The Labute approximate surface area is 128 Å². The Kier molecular flexibility index (Phi) is 5.97. The smallest absolute Gasteiger partial charge is 0.0577 e. The van der Waals surface area contributed by atoms with Crippen molar-refractivity contribution in [3.63, 3.8) is 0 Å². The molecule has 0 aliphatic heterocycles. The zero-order chi connectivity index (χ0) is 15.1. The number of hydrogen-bond donors (Lipinski definition) is 1.